The lowest BCUT2D eigenvalue weighted by Crippen LogP contribution is -2.14. The zero-order chi connectivity index (χ0) is 31.0. The highest BCUT2D eigenvalue weighted by molar-refractivity contribution is 6.23. The van der Waals surface area contributed by atoms with E-state index < -0.39 is 0 Å². The van der Waals surface area contributed by atoms with Gasteiger partial charge in [0.25, 0.3) is 0 Å². The Hall–Kier alpha value is -5.46. The van der Waals surface area contributed by atoms with Crippen molar-refractivity contribution in [2.75, 3.05) is 0 Å². The monoisotopic (exact) mass is 586 g/mol. The molecule has 0 unspecified atom stereocenters. The molecule has 8 aromatic carbocycles. The van der Waals surface area contributed by atoms with Gasteiger partial charge in [0.15, 0.2) is 0 Å². The average molecular weight is 587 g/mol. The van der Waals surface area contributed by atoms with Crippen molar-refractivity contribution in [3.05, 3.63) is 168 Å². The van der Waals surface area contributed by atoms with E-state index in [0.29, 0.717) is 0 Å². The molecule has 218 valence electrons. The molecule has 1 aliphatic rings. The SMILES string of the molecule is Cc1ccc(-c2c3ccccc3c(-c3cccc4c3-c3ccccc3C4(C)C)c3cc(-c4cccc5ccccc45)ccc23)cc1. The number of aryl methyl sites for hydroxylation is 1. The summed E-state index contributed by atoms with van der Waals surface area (Å²) in [6, 6.07) is 56.6. The third-order valence-corrected chi connectivity index (χ3v) is 10.3. The maximum absolute atomic E-state index is 2.46. The molecule has 0 N–H and O–H groups in total. The van der Waals surface area contributed by atoms with Crippen molar-refractivity contribution in [3.63, 3.8) is 0 Å². The highest BCUT2D eigenvalue weighted by Crippen LogP contribution is 2.54. The summed E-state index contributed by atoms with van der Waals surface area (Å²) in [4.78, 5) is 0. The largest absolute Gasteiger partial charge is 0.0619 e. The van der Waals surface area contributed by atoms with E-state index in [4.69, 9.17) is 0 Å². The highest BCUT2D eigenvalue weighted by Gasteiger charge is 2.37. The van der Waals surface area contributed by atoms with Gasteiger partial charge in [-0.3, -0.25) is 0 Å². The summed E-state index contributed by atoms with van der Waals surface area (Å²) in [5.41, 5.74) is 14.4. The molecule has 0 aromatic heterocycles. The molecule has 0 heteroatoms. The molecular weight excluding hydrogens is 553 g/mol. The fourth-order valence-electron chi connectivity index (χ4n) is 8.11. The summed E-state index contributed by atoms with van der Waals surface area (Å²) in [6.07, 6.45) is 0. The normalized spacial score (nSPS) is 13.3. The van der Waals surface area contributed by atoms with E-state index >= 15 is 0 Å². The van der Waals surface area contributed by atoms with Gasteiger partial charge in [0.2, 0.25) is 0 Å². The summed E-state index contributed by atoms with van der Waals surface area (Å²) in [6.45, 7) is 6.91. The lowest BCUT2D eigenvalue weighted by molar-refractivity contribution is 0.660. The Morgan fingerprint density at radius 3 is 1.76 bits per heavy atom. The molecule has 46 heavy (non-hydrogen) atoms. The summed E-state index contributed by atoms with van der Waals surface area (Å²) >= 11 is 0. The molecule has 0 spiro atoms. The smallest absolute Gasteiger partial charge is 0.0159 e. The summed E-state index contributed by atoms with van der Waals surface area (Å²) < 4.78 is 0. The van der Waals surface area contributed by atoms with Crippen molar-refractivity contribution >= 4 is 32.3 Å². The minimum atomic E-state index is -0.0660. The van der Waals surface area contributed by atoms with Gasteiger partial charge in [-0.1, -0.05) is 165 Å². The predicted octanol–water partition coefficient (Wildman–Crippen LogP) is 12.8. The van der Waals surface area contributed by atoms with Crippen LogP contribution in [0.3, 0.4) is 0 Å². The van der Waals surface area contributed by atoms with Crippen LogP contribution in [0.4, 0.5) is 0 Å². The number of rotatable bonds is 3. The standard InChI is InChI=1S/C46H34/c1-29-22-24-31(25-23-29)43-35-15-6-7-16-36(35)44(39-19-11-21-42-45(39)38-17-8-9-20-41(38)46(42,2)3)40-28-32(26-27-37(40)43)34-18-10-13-30-12-4-5-14-33(30)34/h4-28H,1-3H3. The maximum atomic E-state index is 2.46. The van der Waals surface area contributed by atoms with Crippen LogP contribution in [-0.2, 0) is 5.41 Å². The minimum Gasteiger partial charge on any atom is -0.0619 e. The van der Waals surface area contributed by atoms with Gasteiger partial charge >= 0.3 is 0 Å². The fourth-order valence-corrected chi connectivity index (χ4v) is 8.11. The second-order valence-corrected chi connectivity index (χ2v) is 13.3. The number of hydrogen-bond donors (Lipinski definition) is 0. The van der Waals surface area contributed by atoms with Crippen LogP contribution in [0, 0.1) is 6.92 Å². The lowest BCUT2D eigenvalue weighted by atomic mass is 9.80. The summed E-state index contributed by atoms with van der Waals surface area (Å²) in [7, 11) is 0. The van der Waals surface area contributed by atoms with Gasteiger partial charge in [-0.05, 0) is 101 Å². The first-order valence-corrected chi connectivity index (χ1v) is 16.3. The van der Waals surface area contributed by atoms with Gasteiger partial charge in [-0.2, -0.15) is 0 Å². The maximum Gasteiger partial charge on any atom is 0.0159 e. The minimum absolute atomic E-state index is 0.0660. The molecule has 0 saturated heterocycles. The molecule has 8 aromatic rings. The molecule has 0 aliphatic heterocycles. The van der Waals surface area contributed by atoms with E-state index in [9.17, 15) is 0 Å². The Balaban J connectivity index is 1.45. The third kappa shape index (κ3) is 3.87. The van der Waals surface area contributed by atoms with Gasteiger partial charge in [-0.25, -0.2) is 0 Å². The van der Waals surface area contributed by atoms with Crippen molar-refractivity contribution in [3.8, 4) is 44.5 Å². The molecular formula is C46H34. The molecule has 0 saturated carbocycles. The Morgan fingerprint density at radius 1 is 0.370 bits per heavy atom. The topological polar surface area (TPSA) is 0 Å². The van der Waals surface area contributed by atoms with Crippen LogP contribution >= 0.6 is 0 Å². The van der Waals surface area contributed by atoms with E-state index in [0.717, 1.165) is 0 Å². The molecule has 0 bridgehead atoms. The highest BCUT2D eigenvalue weighted by atomic mass is 14.4. The Kier molecular flexibility index (Phi) is 5.86. The molecule has 0 fully saturated rings. The number of fused-ring (bicyclic) bond motifs is 6. The van der Waals surface area contributed by atoms with Crippen LogP contribution in [0.5, 0.6) is 0 Å². The Bertz CT molecular complexity index is 2490. The van der Waals surface area contributed by atoms with E-state index in [1.807, 2.05) is 0 Å². The van der Waals surface area contributed by atoms with Crippen LogP contribution in [0.15, 0.2) is 152 Å². The van der Waals surface area contributed by atoms with E-state index in [1.165, 1.54) is 93.5 Å². The molecule has 9 rings (SSSR count). The molecule has 0 nitrogen and oxygen atoms in total. The van der Waals surface area contributed by atoms with Gasteiger partial charge in [-0.15, -0.1) is 0 Å². The second-order valence-electron chi connectivity index (χ2n) is 13.3. The zero-order valence-electron chi connectivity index (χ0n) is 26.4. The summed E-state index contributed by atoms with van der Waals surface area (Å²) in [5.74, 6) is 0. The van der Waals surface area contributed by atoms with Crippen LogP contribution in [-0.4, -0.2) is 0 Å². The van der Waals surface area contributed by atoms with Gasteiger partial charge in [0.05, 0.1) is 0 Å². The van der Waals surface area contributed by atoms with Crippen LogP contribution in [0.25, 0.3) is 76.8 Å². The number of hydrogen-bond acceptors (Lipinski definition) is 0. The van der Waals surface area contributed by atoms with E-state index in [-0.39, 0.29) is 5.41 Å². The molecule has 0 radical (unpaired) electrons. The number of benzene rings is 8. The van der Waals surface area contributed by atoms with Gasteiger partial charge in [0.1, 0.15) is 0 Å². The molecule has 1 aliphatic carbocycles. The average Bonchev–Trinajstić information content (AvgIpc) is 3.33. The molecule has 0 atom stereocenters. The quantitative estimate of drug-likeness (QED) is 0.181. The van der Waals surface area contributed by atoms with Gasteiger partial charge < -0.3 is 0 Å². The third-order valence-electron chi connectivity index (χ3n) is 10.3. The predicted molar refractivity (Wildman–Crippen MR) is 198 cm³/mol. The Labute approximate surface area is 270 Å². The fraction of sp³-hybridized carbons (Fsp3) is 0.0870. The lowest BCUT2D eigenvalue weighted by Gasteiger charge is -2.23. The molecule has 0 heterocycles. The van der Waals surface area contributed by atoms with E-state index in [1.54, 1.807) is 0 Å². The van der Waals surface area contributed by atoms with E-state index in [2.05, 4.69) is 172 Å². The van der Waals surface area contributed by atoms with Crippen molar-refractivity contribution in [1.82, 2.24) is 0 Å². The van der Waals surface area contributed by atoms with Crippen molar-refractivity contribution in [2.45, 2.75) is 26.2 Å². The molecule has 0 amide bonds. The first-order chi connectivity index (χ1) is 22.5. The van der Waals surface area contributed by atoms with Gasteiger partial charge in [0, 0.05) is 5.41 Å². The van der Waals surface area contributed by atoms with Crippen LogP contribution < -0.4 is 0 Å². The van der Waals surface area contributed by atoms with Crippen molar-refractivity contribution in [1.29, 1.82) is 0 Å². The first kappa shape index (κ1) is 26.9. The first-order valence-electron chi connectivity index (χ1n) is 16.3. The Morgan fingerprint density at radius 2 is 0.935 bits per heavy atom. The zero-order valence-corrected chi connectivity index (χ0v) is 26.4. The second kappa shape index (κ2) is 10.0. The van der Waals surface area contributed by atoms with Crippen molar-refractivity contribution < 1.29 is 0 Å². The summed E-state index contributed by atoms with van der Waals surface area (Å²) in [5, 5.41) is 7.69. The van der Waals surface area contributed by atoms with Crippen molar-refractivity contribution in [2.24, 2.45) is 0 Å². The van der Waals surface area contributed by atoms with Crippen LogP contribution in [0.1, 0.15) is 30.5 Å². The van der Waals surface area contributed by atoms with Crippen LogP contribution in [0.2, 0.25) is 0 Å².